The number of halogens is 1. The highest BCUT2D eigenvalue weighted by Gasteiger charge is 2.30. The van der Waals surface area contributed by atoms with Gasteiger partial charge >= 0.3 is 5.97 Å². The molecule has 234 valence electrons. The predicted octanol–water partition coefficient (Wildman–Crippen LogP) is 6.72. The fourth-order valence-electron chi connectivity index (χ4n) is 5.68. The van der Waals surface area contributed by atoms with E-state index in [0.29, 0.717) is 16.3 Å². The Hall–Kier alpha value is -3.46. The Kier molecular flexibility index (Phi) is 12.6. The molecule has 0 unspecified atom stereocenters. The van der Waals surface area contributed by atoms with Gasteiger partial charge in [0, 0.05) is 44.2 Å². The molecule has 1 aliphatic rings. The van der Waals surface area contributed by atoms with Crippen LogP contribution in [0.5, 0.6) is 5.75 Å². The molecule has 1 fully saturated rings. The summed E-state index contributed by atoms with van der Waals surface area (Å²) in [5.41, 5.74) is 2.72. The van der Waals surface area contributed by atoms with E-state index in [1.807, 2.05) is 24.3 Å². The number of benzene rings is 4. The highest BCUT2D eigenvalue weighted by Crippen LogP contribution is 2.35. The molecule has 8 heteroatoms. The first kappa shape index (κ1) is 33.4. The van der Waals surface area contributed by atoms with Crippen molar-refractivity contribution in [2.24, 2.45) is 0 Å². The first-order chi connectivity index (χ1) is 21.3. The molecule has 1 aliphatic heterocycles. The number of carboxylic acid groups (broad SMARTS) is 1. The number of ether oxygens (including phenoxy) is 1. The molecule has 1 saturated heterocycles. The van der Waals surface area contributed by atoms with Crippen molar-refractivity contribution >= 4 is 28.3 Å². The number of unbranched alkanes of at least 4 members (excludes halogenated alkanes) is 1. The Morgan fingerprint density at radius 1 is 0.886 bits per heavy atom. The first-order valence-electron chi connectivity index (χ1n) is 15.2. The second kappa shape index (κ2) is 16.6. The van der Waals surface area contributed by atoms with Gasteiger partial charge in [-0.2, -0.15) is 0 Å². The van der Waals surface area contributed by atoms with E-state index in [1.165, 1.54) is 5.56 Å². The summed E-state index contributed by atoms with van der Waals surface area (Å²) in [5, 5.41) is 31.5. The number of aliphatic hydroxyl groups is 2. The molecule has 3 N–H and O–H groups in total. The van der Waals surface area contributed by atoms with Crippen LogP contribution in [-0.2, 0) is 11.3 Å². The lowest BCUT2D eigenvalue weighted by Gasteiger charge is -2.41. The number of fused-ring (bicyclic) bond motifs is 1. The van der Waals surface area contributed by atoms with Crippen LogP contribution >= 0.6 is 11.6 Å². The van der Waals surface area contributed by atoms with E-state index in [-0.39, 0.29) is 6.04 Å². The summed E-state index contributed by atoms with van der Waals surface area (Å²) in [6.45, 7) is 7.22. The SMILES string of the molecule is CCCC[C@@H]([C@@H](O)c1ccc2c(Cl)c(OC)ccc2c1)N1CCN(Cc2ccccc2)CC1.O=C(O)[C@H](O)c1ccccc1. The van der Waals surface area contributed by atoms with Crippen LogP contribution in [0.3, 0.4) is 0 Å². The Bertz CT molecular complexity index is 1460. The van der Waals surface area contributed by atoms with Crippen LogP contribution in [-0.4, -0.2) is 70.4 Å². The Balaban J connectivity index is 0.000000339. The predicted molar refractivity (Wildman–Crippen MR) is 176 cm³/mol. The van der Waals surface area contributed by atoms with E-state index in [4.69, 9.17) is 26.6 Å². The second-order valence-electron chi connectivity index (χ2n) is 11.2. The first-order valence-corrected chi connectivity index (χ1v) is 15.6. The summed E-state index contributed by atoms with van der Waals surface area (Å²) < 4.78 is 5.35. The number of methoxy groups -OCH3 is 1. The molecule has 7 nitrogen and oxygen atoms in total. The van der Waals surface area contributed by atoms with E-state index in [2.05, 4.69) is 53.1 Å². The van der Waals surface area contributed by atoms with Gasteiger partial charge in [-0.3, -0.25) is 9.80 Å². The number of carboxylic acids is 1. The van der Waals surface area contributed by atoms with Crippen molar-refractivity contribution in [3.8, 4) is 5.75 Å². The summed E-state index contributed by atoms with van der Waals surface area (Å²) in [4.78, 5) is 15.3. The van der Waals surface area contributed by atoms with E-state index < -0.39 is 18.2 Å². The quantitative estimate of drug-likeness (QED) is 0.172. The molecule has 0 amide bonds. The number of aliphatic carboxylic acids is 1. The monoisotopic (exact) mass is 618 g/mol. The van der Waals surface area contributed by atoms with Gasteiger partial charge in [0.2, 0.25) is 0 Å². The molecular formula is C36H43ClN2O5. The molecule has 0 saturated carbocycles. The van der Waals surface area contributed by atoms with Crippen molar-refractivity contribution in [2.75, 3.05) is 33.3 Å². The van der Waals surface area contributed by atoms with Crippen molar-refractivity contribution in [2.45, 2.75) is 51.0 Å². The fraction of sp³-hybridized carbons (Fsp3) is 0.361. The second-order valence-corrected chi connectivity index (χ2v) is 11.5. The van der Waals surface area contributed by atoms with Crippen LogP contribution in [0.25, 0.3) is 10.8 Å². The van der Waals surface area contributed by atoms with Gasteiger partial charge in [-0.05, 0) is 40.6 Å². The molecule has 0 aliphatic carbocycles. The van der Waals surface area contributed by atoms with E-state index in [1.54, 1.807) is 37.4 Å². The van der Waals surface area contributed by atoms with Gasteiger partial charge in [0.25, 0.3) is 0 Å². The maximum absolute atomic E-state index is 11.5. The zero-order chi connectivity index (χ0) is 31.5. The van der Waals surface area contributed by atoms with Gasteiger partial charge in [-0.25, -0.2) is 4.79 Å². The van der Waals surface area contributed by atoms with Crippen molar-refractivity contribution in [1.82, 2.24) is 9.80 Å². The minimum atomic E-state index is -1.41. The topological polar surface area (TPSA) is 93.5 Å². The number of piperazine rings is 1. The summed E-state index contributed by atoms with van der Waals surface area (Å²) in [5.74, 6) is -0.553. The molecule has 1 heterocycles. The molecule has 0 bridgehead atoms. The summed E-state index contributed by atoms with van der Waals surface area (Å²) in [7, 11) is 1.63. The third kappa shape index (κ3) is 8.80. The molecular weight excluding hydrogens is 576 g/mol. The molecule has 4 aromatic carbocycles. The largest absolute Gasteiger partial charge is 0.495 e. The van der Waals surface area contributed by atoms with E-state index >= 15 is 0 Å². The summed E-state index contributed by atoms with van der Waals surface area (Å²) in [6.07, 6.45) is 1.31. The Labute approximate surface area is 265 Å². The molecule has 44 heavy (non-hydrogen) atoms. The number of rotatable bonds is 11. The highest BCUT2D eigenvalue weighted by molar-refractivity contribution is 6.37. The maximum Gasteiger partial charge on any atom is 0.337 e. The maximum atomic E-state index is 11.5. The van der Waals surface area contributed by atoms with Gasteiger partial charge in [-0.1, -0.05) is 110 Å². The van der Waals surface area contributed by atoms with Crippen LogP contribution < -0.4 is 4.74 Å². The fourth-order valence-corrected chi connectivity index (χ4v) is 5.99. The standard InChI is InChI=1S/C28H35ClN2O2.C8H8O3/c1-3-4-10-25(31-17-15-30(16-18-31)20-21-8-6-5-7-9-21)28(32)23-11-13-24-22(19-23)12-14-26(33-2)27(24)29;9-7(8(10)11)6-4-2-1-3-5-6/h5-9,11-14,19,25,28,32H,3-4,10,15-18,20H2,1-2H3;1-5,7,9H,(H,10,11)/t25-,28-;7-/m01/s1. The molecule has 4 aromatic rings. The van der Waals surface area contributed by atoms with Gasteiger partial charge in [-0.15, -0.1) is 0 Å². The Morgan fingerprint density at radius 2 is 1.55 bits per heavy atom. The third-order valence-electron chi connectivity index (χ3n) is 8.20. The van der Waals surface area contributed by atoms with Gasteiger partial charge in [0.05, 0.1) is 18.2 Å². The lowest BCUT2D eigenvalue weighted by molar-refractivity contribution is -0.146. The van der Waals surface area contributed by atoms with Gasteiger partial charge in [0.1, 0.15) is 5.75 Å². The van der Waals surface area contributed by atoms with Crippen molar-refractivity contribution < 1.29 is 24.9 Å². The van der Waals surface area contributed by atoms with Crippen molar-refractivity contribution in [3.05, 3.63) is 113 Å². The minimum Gasteiger partial charge on any atom is -0.495 e. The molecule has 0 spiro atoms. The average molecular weight is 619 g/mol. The molecule has 0 radical (unpaired) electrons. The smallest absolute Gasteiger partial charge is 0.337 e. The van der Waals surface area contributed by atoms with E-state index in [0.717, 1.165) is 68.3 Å². The zero-order valence-corrected chi connectivity index (χ0v) is 26.2. The summed E-state index contributed by atoms with van der Waals surface area (Å²) >= 11 is 6.50. The van der Waals surface area contributed by atoms with Crippen LogP contribution in [0.2, 0.25) is 5.02 Å². The van der Waals surface area contributed by atoms with Crippen LogP contribution in [0, 0.1) is 0 Å². The van der Waals surface area contributed by atoms with Gasteiger partial charge in [0.15, 0.2) is 6.10 Å². The van der Waals surface area contributed by atoms with E-state index in [9.17, 15) is 9.90 Å². The minimum absolute atomic E-state index is 0.120. The molecule has 3 atom stereocenters. The summed E-state index contributed by atoms with van der Waals surface area (Å²) in [6, 6.07) is 29.1. The number of nitrogens with zero attached hydrogens (tertiary/aromatic N) is 2. The number of aliphatic hydroxyl groups excluding tert-OH is 2. The molecule has 0 aromatic heterocycles. The van der Waals surface area contributed by atoms with Gasteiger partial charge < -0.3 is 20.1 Å². The number of carbonyl (C=O) groups is 1. The Morgan fingerprint density at radius 3 is 2.16 bits per heavy atom. The lowest BCUT2D eigenvalue weighted by Crippen LogP contribution is -2.51. The zero-order valence-electron chi connectivity index (χ0n) is 25.5. The lowest BCUT2D eigenvalue weighted by atomic mass is 9.94. The van der Waals surface area contributed by atoms with Crippen LogP contribution in [0.15, 0.2) is 91.0 Å². The number of hydrogen-bond donors (Lipinski definition) is 3. The van der Waals surface area contributed by atoms with Crippen molar-refractivity contribution in [1.29, 1.82) is 0 Å². The normalized spacial score (nSPS) is 16.0. The average Bonchev–Trinajstić information content (AvgIpc) is 3.06. The van der Waals surface area contributed by atoms with Crippen LogP contribution in [0.4, 0.5) is 0 Å². The third-order valence-corrected chi connectivity index (χ3v) is 8.59. The van der Waals surface area contributed by atoms with Crippen molar-refractivity contribution in [3.63, 3.8) is 0 Å². The number of hydrogen-bond acceptors (Lipinski definition) is 6. The molecule has 5 rings (SSSR count). The van der Waals surface area contributed by atoms with Crippen LogP contribution in [0.1, 0.15) is 55.1 Å². The highest BCUT2D eigenvalue weighted by atomic mass is 35.5.